The maximum atomic E-state index is 12.5. The van der Waals surface area contributed by atoms with E-state index in [4.69, 9.17) is 4.74 Å². The number of allylic oxidation sites excluding steroid dienone is 3. The monoisotopic (exact) mass is 1150 g/mol. The summed E-state index contributed by atoms with van der Waals surface area (Å²) in [5, 5.41) is 23.2. The van der Waals surface area contributed by atoms with Crippen LogP contribution in [0, 0.1) is 0 Å². The molecule has 2 unspecified atom stereocenters. The van der Waals surface area contributed by atoms with Crippen molar-refractivity contribution in [1.29, 1.82) is 0 Å². The molecule has 0 radical (unpaired) electrons. The van der Waals surface area contributed by atoms with Gasteiger partial charge in [-0.3, -0.25) is 9.59 Å². The molecule has 3 N–H and O–H groups in total. The third-order valence-corrected chi connectivity index (χ3v) is 17.7. The molecule has 486 valence electrons. The number of amides is 1. The van der Waals surface area contributed by atoms with Crippen molar-refractivity contribution in [1.82, 2.24) is 5.32 Å². The maximum Gasteiger partial charge on any atom is 0.305 e. The number of hydrogen-bond acceptors (Lipinski definition) is 5. The fourth-order valence-corrected chi connectivity index (χ4v) is 12.0. The lowest BCUT2D eigenvalue weighted by atomic mass is 10.0. The average molecular weight is 1160 g/mol. The predicted molar refractivity (Wildman–Crippen MR) is 361 cm³/mol. The second-order valence-electron chi connectivity index (χ2n) is 26.0. The van der Waals surface area contributed by atoms with Crippen molar-refractivity contribution < 1.29 is 24.5 Å². The van der Waals surface area contributed by atoms with E-state index in [2.05, 4.69) is 31.3 Å². The summed E-state index contributed by atoms with van der Waals surface area (Å²) in [7, 11) is 0. The molecule has 0 saturated carbocycles. The molecular weight excluding hydrogens is 1010 g/mol. The van der Waals surface area contributed by atoms with Crippen molar-refractivity contribution in [2.75, 3.05) is 13.2 Å². The molecule has 0 aliphatic heterocycles. The van der Waals surface area contributed by atoms with Gasteiger partial charge in [0.1, 0.15) is 0 Å². The smallest absolute Gasteiger partial charge is 0.305 e. The number of hydrogen-bond donors (Lipinski definition) is 3. The van der Waals surface area contributed by atoms with Crippen LogP contribution in [0.1, 0.15) is 425 Å². The van der Waals surface area contributed by atoms with Crippen LogP contribution in [-0.4, -0.2) is 47.4 Å². The zero-order chi connectivity index (χ0) is 59.2. The molecule has 0 aromatic carbocycles. The van der Waals surface area contributed by atoms with Gasteiger partial charge in [0, 0.05) is 12.8 Å². The van der Waals surface area contributed by atoms with Gasteiger partial charge in [-0.15, -0.1) is 0 Å². The third kappa shape index (κ3) is 67.5. The molecule has 0 rings (SSSR count). The minimum Gasteiger partial charge on any atom is -0.466 e. The van der Waals surface area contributed by atoms with Crippen LogP contribution in [0.3, 0.4) is 0 Å². The number of unbranched alkanes of at least 4 members (excludes halogenated alkanes) is 58. The Morgan fingerprint density at radius 3 is 0.866 bits per heavy atom. The van der Waals surface area contributed by atoms with Crippen LogP contribution in [0.5, 0.6) is 0 Å². The maximum absolute atomic E-state index is 12.5. The summed E-state index contributed by atoms with van der Waals surface area (Å²) in [6.07, 6.45) is 91.4. The van der Waals surface area contributed by atoms with E-state index < -0.39 is 12.1 Å². The van der Waals surface area contributed by atoms with Gasteiger partial charge in [0.25, 0.3) is 0 Å². The molecule has 0 aromatic rings. The summed E-state index contributed by atoms with van der Waals surface area (Å²) in [6.45, 7) is 4.94. The number of carbonyl (C=O) groups excluding carboxylic acids is 2. The highest BCUT2D eigenvalue weighted by Gasteiger charge is 2.18. The number of nitrogens with one attached hydrogen (secondary N) is 1. The molecule has 6 heteroatoms. The molecule has 0 spiro atoms. The van der Waals surface area contributed by atoms with Gasteiger partial charge in [-0.2, -0.15) is 0 Å². The summed E-state index contributed by atoms with van der Waals surface area (Å²) in [5.74, 6) is -0.0457. The second-order valence-corrected chi connectivity index (χ2v) is 26.0. The molecule has 1 amide bonds. The molecular formula is C76H147NO5. The first kappa shape index (κ1) is 80.3. The van der Waals surface area contributed by atoms with Gasteiger partial charge < -0.3 is 20.3 Å². The molecule has 0 aliphatic rings. The van der Waals surface area contributed by atoms with E-state index in [-0.39, 0.29) is 18.5 Å². The Hall–Kier alpha value is -1.66. The molecule has 2 atom stereocenters. The molecule has 0 aliphatic carbocycles. The Labute approximate surface area is 513 Å². The number of aliphatic hydroxyl groups excluding tert-OH is 2. The number of aliphatic hydroxyl groups is 2. The fourth-order valence-electron chi connectivity index (χ4n) is 12.0. The van der Waals surface area contributed by atoms with Crippen LogP contribution in [0.2, 0.25) is 0 Å². The van der Waals surface area contributed by atoms with Gasteiger partial charge in [-0.1, -0.05) is 378 Å². The third-order valence-electron chi connectivity index (χ3n) is 17.7. The van der Waals surface area contributed by atoms with Gasteiger partial charge >= 0.3 is 5.97 Å². The van der Waals surface area contributed by atoms with E-state index in [9.17, 15) is 19.8 Å². The van der Waals surface area contributed by atoms with Crippen molar-refractivity contribution in [3.8, 4) is 0 Å². The first-order valence-electron chi connectivity index (χ1n) is 37.6. The van der Waals surface area contributed by atoms with Crippen molar-refractivity contribution in [2.24, 2.45) is 0 Å². The number of rotatable bonds is 71. The lowest BCUT2D eigenvalue weighted by molar-refractivity contribution is -0.143. The van der Waals surface area contributed by atoms with Gasteiger partial charge in [0.05, 0.1) is 25.4 Å². The number of esters is 1. The summed E-state index contributed by atoms with van der Waals surface area (Å²) < 4.78 is 5.49. The van der Waals surface area contributed by atoms with Crippen molar-refractivity contribution >= 4 is 11.9 Å². The molecule has 0 heterocycles. The molecule has 6 nitrogen and oxygen atoms in total. The second kappa shape index (κ2) is 71.8. The molecule has 0 saturated heterocycles. The summed E-state index contributed by atoms with van der Waals surface area (Å²) in [4.78, 5) is 24.6. The van der Waals surface area contributed by atoms with Gasteiger partial charge in [-0.05, 0) is 57.8 Å². The van der Waals surface area contributed by atoms with Gasteiger partial charge in [0.2, 0.25) is 5.91 Å². The zero-order valence-corrected chi connectivity index (χ0v) is 55.8. The quantitative estimate of drug-likeness (QED) is 0.0320. The molecule has 0 fully saturated rings. The lowest BCUT2D eigenvalue weighted by Crippen LogP contribution is -2.45. The lowest BCUT2D eigenvalue weighted by Gasteiger charge is -2.20. The van der Waals surface area contributed by atoms with Crippen LogP contribution >= 0.6 is 0 Å². The Kier molecular flexibility index (Phi) is 70.4. The summed E-state index contributed by atoms with van der Waals surface area (Å²) in [6, 6.07) is -0.624. The van der Waals surface area contributed by atoms with E-state index in [0.29, 0.717) is 19.4 Å². The molecule has 0 aromatic heterocycles. The first-order chi connectivity index (χ1) is 40.5. The van der Waals surface area contributed by atoms with Crippen LogP contribution in [0.25, 0.3) is 0 Å². The van der Waals surface area contributed by atoms with Crippen LogP contribution in [0.4, 0.5) is 0 Å². The van der Waals surface area contributed by atoms with E-state index in [0.717, 1.165) is 44.9 Å². The first-order valence-corrected chi connectivity index (χ1v) is 37.6. The molecule has 82 heavy (non-hydrogen) atoms. The zero-order valence-electron chi connectivity index (χ0n) is 55.8. The topological polar surface area (TPSA) is 95.9 Å². The summed E-state index contributed by atoms with van der Waals surface area (Å²) >= 11 is 0. The Morgan fingerprint density at radius 2 is 0.573 bits per heavy atom. The van der Waals surface area contributed by atoms with Crippen molar-refractivity contribution in [3.05, 3.63) is 24.3 Å². The Balaban J connectivity index is 3.33. The van der Waals surface area contributed by atoms with Crippen LogP contribution < -0.4 is 5.32 Å². The van der Waals surface area contributed by atoms with E-state index in [1.165, 1.54) is 353 Å². The van der Waals surface area contributed by atoms with Crippen LogP contribution in [0.15, 0.2) is 24.3 Å². The normalized spacial score (nSPS) is 12.6. The minimum absolute atomic E-state index is 0.0136. The summed E-state index contributed by atoms with van der Waals surface area (Å²) in [5.41, 5.74) is 0. The molecule has 0 bridgehead atoms. The highest BCUT2D eigenvalue weighted by Crippen LogP contribution is 2.19. The van der Waals surface area contributed by atoms with Crippen molar-refractivity contribution in [3.63, 3.8) is 0 Å². The Morgan fingerprint density at radius 1 is 0.329 bits per heavy atom. The van der Waals surface area contributed by atoms with Gasteiger partial charge in [-0.25, -0.2) is 0 Å². The highest BCUT2D eigenvalue weighted by atomic mass is 16.5. The van der Waals surface area contributed by atoms with E-state index in [1.54, 1.807) is 6.08 Å². The number of carbonyl (C=O) groups is 2. The minimum atomic E-state index is -0.841. The van der Waals surface area contributed by atoms with E-state index in [1.807, 2.05) is 6.08 Å². The van der Waals surface area contributed by atoms with Crippen LogP contribution in [-0.2, 0) is 14.3 Å². The van der Waals surface area contributed by atoms with Gasteiger partial charge in [0.15, 0.2) is 0 Å². The standard InChI is InChI=1S/C76H147NO5/c1-3-5-7-9-11-13-15-17-19-20-38-41-44-48-52-56-60-64-68-74(79)73(72-78)77-75(80)69-65-61-57-53-49-45-42-39-36-34-32-30-28-26-24-22-21-23-25-27-29-31-33-35-37-40-43-47-51-55-59-63-67-71-82-76(81)70-66-62-58-54-50-46-18-16-14-12-10-8-6-4-2/h16,18,64,68,73-74,78-79H,3-15,17,19-63,65-67,69-72H2,1-2H3,(H,77,80)/b18-16-,68-64+. The highest BCUT2D eigenvalue weighted by molar-refractivity contribution is 5.76. The van der Waals surface area contributed by atoms with E-state index >= 15 is 0 Å². The SMILES string of the molecule is CCCCCCC/C=C\CCCCCCCC(=O)OCCCCCCCCCCCCCCCCCCCCCCCCCCCCCCCCCCCC(=O)NC(CO)C(O)/C=C/CCCCCCCCCCCCCCCCCC. The largest absolute Gasteiger partial charge is 0.466 e. The Bertz CT molecular complexity index is 1280. The predicted octanol–water partition coefficient (Wildman–Crippen LogP) is 24.5. The number of ether oxygens (including phenoxy) is 1. The average Bonchev–Trinajstić information content (AvgIpc) is 3.48. The van der Waals surface area contributed by atoms with Crippen molar-refractivity contribution in [2.45, 2.75) is 437 Å². The fraction of sp³-hybridized carbons (Fsp3) is 0.921.